The van der Waals surface area contributed by atoms with E-state index in [9.17, 15) is 4.79 Å². The van der Waals surface area contributed by atoms with Crippen molar-refractivity contribution in [1.82, 2.24) is 19.9 Å². The minimum absolute atomic E-state index is 0.0929. The molecule has 0 spiro atoms. The van der Waals surface area contributed by atoms with Crippen LogP contribution in [0.15, 0.2) is 53.3 Å². The number of anilines is 1. The number of nitrogens with zero attached hydrogens (tertiary/aromatic N) is 5. The van der Waals surface area contributed by atoms with E-state index < -0.39 is 0 Å². The van der Waals surface area contributed by atoms with Gasteiger partial charge in [0.15, 0.2) is 0 Å². The largest absolute Gasteiger partial charge is 0.492 e. The van der Waals surface area contributed by atoms with E-state index >= 15 is 0 Å². The molecular formula is C20H23N5O2. The van der Waals surface area contributed by atoms with E-state index in [1.54, 1.807) is 6.07 Å². The molecule has 2 aromatic carbocycles. The van der Waals surface area contributed by atoms with E-state index in [0.29, 0.717) is 24.2 Å². The molecule has 0 amide bonds. The summed E-state index contributed by atoms with van der Waals surface area (Å²) in [6, 6.07) is 15.5. The van der Waals surface area contributed by atoms with E-state index in [4.69, 9.17) is 4.74 Å². The van der Waals surface area contributed by atoms with Crippen LogP contribution in [0, 0.1) is 0 Å². The third-order valence-corrected chi connectivity index (χ3v) is 4.84. The van der Waals surface area contributed by atoms with Crippen molar-refractivity contribution in [2.75, 3.05) is 37.7 Å². The Kier molecular flexibility index (Phi) is 5.02. The third kappa shape index (κ3) is 3.64. The van der Waals surface area contributed by atoms with Crippen molar-refractivity contribution in [3.63, 3.8) is 0 Å². The topological polar surface area (TPSA) is 63.5 Å². The van der Waals surface area contributed by atoms with Crippen LogP contribution >= 0.6 is 0 Å². The Balaban J connectivity index is 1.45. The van der Waals surface area contributed by atoms with Crippen LogP contribution in [0.25, 0.3) is 10.9 Å². The molecule has 7 nitrogen and oxygen atoms in total. The lowest BCUT2D eigenvalue weighted by Gasteiger charge is -2.36. The third-order valence-electron chi connectivity index (χ3n) is 4.84. The zero-order chi connectivity index (χ0) is 18.6. The molecule has 0 radical (unpaired) electrons. The minimum Gasteiger partial charge on any atom is -0.492 e. The Hall–Kier alpha value is -2.93. The number of hydrogen-bond acceptors (Lipinski definition) is 6. The normalized spacial score (nSPS) is 15.2. The lowest BCUT2D eigenvalue weighted by molar-refractivity contribution is 0.188. The molecule has 2 heterocycles. The summed E-state index contributed by atoms with van der Waals surface area (Å²) in [7, 11) is 0. The smallest absolute Gasteiger partial charge is 0.278 e. The average molecular weight is 365 g/mol. The lowest BCUT2D eigenvalue weighted by atomic mass is 10.2. The maximum Gasteiger partial charge on any atom is 0.278 e. The highest BCUT2D eigenvalue weighted by molar-refractivity contribution is 5.76. The quantitative estimate of drug-likeness (QED) is 0.689. The summed E-state index contributed by atoms with van der Waals surface area (Å²) >= 11 is 0. The van der Waals surface area contributed by atoms with Crippen LogP contribution in [-0.2, 0) is 6.67 Å². The monoisotopic (exact) mass is 365 g/mol. The molecule has 0 atom stereocenters. The highest BCUT2D eigenvalue weighted by atomic mass is 16.5. The zero-order valence-electron chi connectivity index (χ0n) is 15.4. The molecule has 1 fully saturated rings. The number of benzene rings is 2. The van der Waals surface area contributed by atoms with Gasteiger partial charge in [0.05, 0.1) is 24.3 Å². The molecule has 3 aromatic rings. The van der Waals surface area contributed by atoms with Gasteiger partial charge in [0, 0.05) is 26.2 Å². The first-order chi connectivity index (χ1) is 13.3. The molecule has 0 aliphatic carbocycles. The van der Waals surface area contributed by atoms with E-state index in [2.05, 4.69) is 26.2 Å². The van der Waals surface area contributed by atoms with Crippen molar-refractivity contribution in [1.29, 1.82) is 0 Å². The van der Waals surface area contributed by atoms with Gasteiger partial charge in [0.25, 0.3) is 5.56 Å². The van der Waals surface area contributed by atoms with E-state index in [0.717, 1.165) is 37.6 Å². The second-order valence-electron chi connectivity index (χ2n) is 6.56. The standard InChI is InChI=1S/C20H23N5O2/c1-2-27-19-10-6-5-9-18(19)24-13-11-23(12-14-24)15-25-20(26)16-7-3-4-8-17(16)21-22-25/h3-10H,2,11-15H2,1H3. The zero-order valence-corrected chi connectivity index (χ0v) is 15.4. The summed E-state index contributed by atoms with van der Waals surface area (Å²) in [6.07, 6.45) is 0. The molecule has 7 heteroatoms. The Morgan fingerprint density at radius 2 is 1.74 bits per heavy atom. The van der Waals surface area contributed by atoms with Gasteiger partial charge < -0.3 is 9.64 Å². The molecule has 0 bridgehead atoms. The fourth-order valence-corrected chi connectivity index (χ4v) is 3.43. The van der Waals surface area contributed by atoms with Gasteiger partial charge in [0.1, 0.15) is 11.3 Å². The molecule has 0 unspecified atom stereocenters. The fraction of sp³-hybridized carbons (Fsp3) is 0.350. The first-order valence-electron chi connectivity index (χ1n) is 9.28. The van der Waals surface area contributed by atoms with Crippen LogP contribution in [-0.4, -0.2) is 52.7 Å². The Morgan fingerprint density at radius 3 is 2.56 bits per heavy atom. The number of piperazine rings is 1. The molecule has 1 aromatic heterocycles. The van der Waals surface area contributed by atoms with Crippen molar-refractivity contribution in [2.24, 2.45) is 0 Å². The molecular weight excluding hydrogens is 342 g/mol. The Labute approximate surface area is 157 Å². The second kappa shape index (κ2) is 7.75. The molecule has 1 aliphatic rings. The van der Waals surface area contributed by atoms with Crippen molar-refractivity contribution >= 4 is 16.6 Å². The number of aromatic nitrogens is 3. The lowest BCUT2D eigenvalue weighted by Crippen LogP contribution is -2.48. The fourth-order valence-electron chi connectivity index (χ4n) is 3.43. The molecule has 0 saturated carbocycles. The summed E-state index contributed by atoms with van der Waals surface area (Å²) in [5.41, 5.74) is 1.67. The maximum atomic E-state index is 12.6. The molecule has 4 rings (SSSR count). The maximum absolute atomic E-state index is 12.6. The van der Waals surface area contributed by atoms with Gasteiger partial charge in [0.2, 0.25) is 0 Å². The second-order valence-corrected chi connectivity index (χ2v) is 6.56. The summed E-state index contributed by atoms with van der Waals surface area (Å²) < 4.78 is 7.20. The van der Waals surface area contributed by atoms with Gasteiger partial charge in [-0.1, -0.05) is 29.5 Å². The van der Waals surface area contributed by atoms with Crippen molar-refractivity contribution in [3.05, 3.63) is 58.9 Å². The van der Waals surface area contributed by atoms with Gasteiger partial charge in [-0.25, -0.2) is 0 Å². The highest BCUT2D eigenvalue weighted by Crippen LogP contribution is 2.28. The summed E-state index contributed by atoms with van der Waals surface area (Å²) in [4.78, 5) is 17.2. The number of para-hydroxylation sites is 2. The van der Waals surface area contributed by atoms with Gasteiger partial charge >= 0.3 is 0 Å². The number of fused-ring (bicyclic) bond motifs is 1. The van der Waals surface area contributed by atoms with Gasteiger partial charge in [-0.05, 0) is 31.2 Å². The predicted molar refractivity (Wildman–Crippen MR) is 105 cm³/mol. The van der Waals surface area contributed by atoms with Crippen molar-refractivity contribution in [2.45, 2.75) is 13.6 Å². The first kappa shape index (κ1) is 17.5. The number of rotatable bonds is 5. The molecule has 1 saturated heterocycles. The minimum atomic E-state index is -0.0929. The first-order valence-corrected chi connectivity index (χ1v) is 9.28. The SMILES string of the molecule is CCOc1ccccc1N1CCN(Cn2nnc3ccccc3c2=O)CC1. The van der Waals surface area contributed by atoms with Crippen LogP contribution in [0.3, 0.4) is 0 Å². The van der Waals surface area contributed by atoms with Crippen molar-refractivity contribution in [3.8, 4) is 5.75 Å². The van der Waals surface area contributed by atoms with Crippen LogP contribution in [0.5, 0.6) is 5.75 Å². The summed E-state index contributed by atoms with van der Waals surface area (Å²) in [6.45, 7) is 6.55. The number of hydrogen-bond donors (Lipinski definition) is 0. The summed E-state index contributed by atoms with van der Waals surface area (Å²) in [5, 5.41) is 8.86. The van der Waals surface area contributed by atoms with Crippen LogP contribution < -0.4 is 15.2 Å². The predicted octanol–water partition coefficient (Wildman–Crippen LogP) is 1.97. The molecule has 0 N–H and O–H groups in total. The van der Waals surface area contributed by atoms with Crippen LogP contribution in [0.4, 0.5) is 5.69 Å². The molecule has 140 valence electrons. The van der Waals surface area contributed by atoms with Gasteiger partial charge in [-0.3, -0.25) is 9.69 Å². The van der Waals surface area contributed by atoms with Gasteiger partial charge in [-0.2, -0.15) is 4.68 Å². The Morgan fingerprint density at radius 1 is 1.00 bits per heavy atom. The summed E-state index contributed by atoms with van der Waals surface area (Å²) in [5.74, 6) is 0.921. The van der Waals surface area contributed by atoms with Gasteiger partial charge in [-0.15, -0.1) is 5.10 Å². The number of ether oxygens (including phenoxy) is 1. The van der Waals surface area contributed by atoms with E-state index in [1.807, 2.05) is 43.3 Å². The van der Waals surface area contributed by atoms with Crippen LogP contribution in [0.1, 0.15) is 6.92 Å². The van der Waals surface area contributed by atoms with E-state index in [-0.39, 0.29) is 5.56 Å². The van der Waals surface area contributed by atoms with Crippen LogP contribution in [0.2, 0.25) is 0 Å². The molecule has 1 aliphatic heterocycles. The average Bonchev–Trinajstić information content (AvgIpc) is 2.72. The van der Waals surface area contributed by atoms with E-state index in [1.165, 1.54) is 4.68 Å². The van der Waals surface area contributed by atoms with Crippen molar-refractivity contribution < 1.29 is 4.74 Å². The molecule has 27 heavy (non-hydrogen) atoms. The Bertz CT molecular complexity index is 979. The highest BCUT2D eigenvalue weighted by Gasteiger charge is 2.20.